The molecule has 0 aromatic heterocycles. The van der Waals surface area contributed by atoms with Gasteiger partial charge >= 0.3 is 0 Å². The zero-order valence-corrected chi connectivity index (χ0v) is 19.2. The molecule has 1 amide bonds. The molecule has 0 bridgehead atoms. The molecule has 4 rings (SSSR count). The first-order valence-corrected chi connectivity index (χ1v) is 11.1. The quantitative estimate of drug-likeness (QED) is 0.357. The van der Waals surface area contributed by atoms with Crippen molar-refractivity contribution in [3.8, 4) is 11.5 Å². The van der Waals surface area contributed by atoms with E-state index in [4.69, 9.17) is 32.7 Å². The molecule has 32 heavy (non-hydrogen) atoms. The summed E-state index contributed by atoms with van der Waals surface area (Å²) >= 11 is 12.5. The van der Waals surface area contributed by atoms with Gasteiger partial charge in [-0.1, -0.05) is 54.2 Å². The van der Waals surface area contributed by atoms with Gasteiger partial charge in [0.05, 0.1) is 35.9 Å². The molecule has 168 valence electrons. The van der Waals surface area contributed by atoms with Crippen molar-refractivity contribution in [1.29, 1.82) is 0 Å². The number of ketones is 1. The van der Waals surface area contributed by atoms with Crippen LogP contribution in [0, 0.1) is 0 Å². The number of benzene rings is 2. The molecule has 1 heterocycles. The minimum Gasteiger partial charge on any atom is -0.507 e. The van der Waals surface area contributed by atoms with Gasteiger partial charge in [0.15, 0.2) is 5.75 Å². The Balaban J connectivity index is 1.94. The van der Waals surface area contributed by atoms with Gasteiger partial charge in [-0.05, 0) is 31.0 Å². The lowest BCUT2D eigenvalue weighted by Crippen LogP contribution is -2.37. The van der Waals surface area contributed by atoms with Gasteiger partial charge in [-0.2, -0.15) is 0 Å². The van der Waals surface area contributed by atoms with Crippen molar-refractivity contribution in [3.05, 3.63) is 63.1 Å². The van der Waals surface area contributed by atoms with Crippen LogP contribution in [0.25, 0.3) is 5.76 Å². The maximum absolute atomic E-state index is 13.2. The molecule has 0 radical (unpaired) electrons. The van der Waals surface area contributed by atoms with Crippen LogP contribution in [0.1, 0.15) is 42.9 Å². The number of hydrogen-bond donors (Lipinski definition) is 1. The number of ether oxygens (including phenoxy) is 2. The Kier molecular flexibility index (Phi) is 6.35. The predicted octanol–water partition coefficient (Wildman–Crippen LogP) is 5.37. The van der Waals surface area contributed by atoms with Gasteiger partial charge in [0.2, 0.25) is 0 Å². The summed E-state index contributed by atoms with van der Waals surface area (Å²) in [6, 6.07) is 9.25. The van der Waals surface area contributed by atoms with E-state index in [-0.39, 0.29) is 38.7 Å². The number of amides is 1. The zero-order valence-electron chi connectivity index (χ0n) is 17.7. The van der Waals surface area contributed by atoms with Gasteiger partial charge in [0, 0.05) is 17.2 Å². The van der Waals surface area contributed by atoms with Gasteiger partial charge in [0.1, 0.15) is 11.5 Å². The number of Topliss-reactive ketones (excluding diaryl/α,β-unsaturated/α-hetero) is 1. The van der Waals surface area contributed by atoms with E-state index in [9.17, 15) is 14.7 Å². The Hall–Kier alpha value is -2.70. The molecule has 1 aliphatic carbocycles. The lowest BCUT2D eigenvalue weighted by molar-refractivity contribution is -0.141. The third-order valence-electron chi connectivity index (χ3n) is 6.11. The molecule has 1 unspecified atom stereocenters. The first kappa shape index (κ1) is 22.5. The number of likely N-dealkylation sites (tertiary alicyclic amines) is 1. The Morgan fingerprint density at radius 1 is 1.03 bits per heavy atom. The maximum Gasteiger partial charge on any atom is 0.295 e. The maximum atomic E-state index is 13.2. The van der Waals surface area contributed by atoms with Crippen molar-refractivity contribution < 1.29 is 24.2 Å². The molecule has 6 nitrogen and oxygen atoms in total. The summed E-state index contributed by atoms with van der Waals surface area (Å²) in [4.78, 5) is 28.0. The summed E-state index contributed by atoms with van der Waals surface area (Å²) in [5.74, 6) is -0.920. The van der Waals surface area contributed by atoms with Crippen LogP contribution >= 0.6 is 23.2 Å². The topological polar surface area (TPSA) is 76.1 Å². The van der Waals surface area contributed by atoms with Gasteiger partial charge in [-0.15, -0.1) is 0 Å². The Labute approximate surface area is 196 Å². The van der Waals surface area contributed by atoms with E-state index >= 15 is 0 Å². The highest BCUT2D eigenvalue weighted by Crippen LogP contribution is 2.46. The fraction of sp³-hybridized carbons (Fsp3) is 0.333. The smallest absolute Gasteiger partial charge is 0.295 e. The highest BCUT2D eigenvalue weighted by Gasteiger charge is 2.50. The first-order valence-electron chi connectivity index (χ1n) is 10.4. The van der Waals surface area contributed by atoms with E-state index in [1.807, 2.05) is 12.1 Å². The van der Waals surface area contributed by atoms with Crippen molar-refractivity contribution in [3.63, 3.8) is 0 Å². The van der Waals surface area contributed by atoms with Gasteiger partial charge in [0.25, 0.3) is 11.7 Å². The number of carbonyl (C=O) groups is 2. The number of hydrogen-bond acceptors (Lipinski definition) is 5. The molecule has 1 aliphatic heterocycles. The van der Waals surface area contributed by atoms with E-state index in [1.165, 1.54) is 26.4 Å². The van der Waals surface area contributed by atoms with Crippen LogP contribution in [0.3, 0.4) is 0 Å². The molecule has 2 aliphatic rings. The zero-order chi connectivity index (χ0) is 23.0. The van der Waals surface area contributed by atoms with Crippen molar-refractivity contribution in [2.75, 3.05) is 14.2 Å². The minimum atomic E-state index is -0.783. The fourth-order valence-corrected chi connectivity index (χ4v) is 5.30. The number of carbonyl (C=O) groups excluding carboxylic acids is 2. The van der Waals surface area contributed by atoms with Crippen LogP contribution in [-0.2, 0) is 9.59 Å². The Morgan fingerprint density at radius 2 is 1.66 bits per heavy atom. The normalized spacial score (nSPS) is 20.8. The molecule has 2 fully saturated rings. The van der Waals surface area contributed by atoms with E-state index in [1.54, 1.807) is 17.0 Å². The number of aliphatic hydroxyl groups excluding tert-OH is 1. The van der Waals surface area contributed by atoms with Gasteiger partial charge in [-0.3, -0.25) is 9.59 Å². The summed E-state index contributed by atoms with van der Waals surface area (Å²) in [5.41, 5.74) is 0.849. The van der Waals surface area contributed by atoms with Crippen LogP contribution in [0.5, 0.6) is 11.5 Å². The molecule has 2 aromatic carbocycles. The average molecular weight is 476 g/mol. The number of halogens is 2. The number of rotatable bonds is 5. The van der Waals surface area contributed by atoms with Crippen LogP contribution in [-0.4, -0.2) is 42.0 Å². The number of aliphatic hydroxyl groups is 1. The van der Waals surface area contributed by atoms with Gasteiger partial charge < -0.3 is 19.5 Å². The van der Waals surface area contributed by atoms with Crippen LogP contribution < -0.4 is 9.47 Å². The summed E-state index contributed by atoms with van der Waals surface area (Å²) in [5, 5.41) is 11.6. The molecular weight excluding hydrogens is 453 g/mol. The lowest BCUT2D eigenvalue weighted by atomic mass is 9.94. The van der Waals surface area contributed by atoms with E-state index in [0.29, 0.717) is 11.3 Å². The van der Waals surface area contributed by atoms with Crippen LogP contribution in [0.15, 0.2) is 42.0 Å². The number of para-hydroxylation sites is 1. The first-order chi connectivity index (χ1) is 15.4. The Morgan fingerprint density at radius 3 is 2.25 bits per heavy atom. The third-order valence-corrected chi connectivity index (χ3v) is 6.67. The predicted molar refractivity (Wildman–Crippen MR) is 122 cm³/mol. The summed E-state index contributed by atoms with van der Waals surface area (Å²) in [6.07, 6.45) is 3.57. The number of methoxy groups -OCH3 is 2. The standard InChI is InChI=1S/C24H23Cl2NO5/c1-31-18-10-6-5-9-15(18)20-19(22(29)24(30)27(20)14-7-3-4-8-14)21(28)13-11-16(25)23(32-2)17(26)12-13/h5-6,9-12,14,20,28H,3-4,7-8H2,1-2H3/b21-19+. The number of nitrogens with zero attached hydrogens (tertiary/aromatic N) is 1. The molecule has 0 spiro atoms. The monoisotopic (exact) mass is 475 g/mol. The average Bonchev–Trinajstić information content (AvgIpc) is 3.40. The van der Waals surface area contributed by atoms with Crippen molar-refractivity contribution in [2.24, 2.45) is 0 Å². The van der Waals surface area contributed by atoms with E-state index < -0.39 is 17.7 Å². The highest BCUT2D eigenvalue weighted by atomic mass is 35.5. The third kappa shape index (κ3) is 3.71. The molecule has 1 saturated carbocycles. The van der Waals surface area contributed by atoms with E-state index in [0.717, 1.165) is 25.7 Å². The van der Waals surface area contributed by atoms with Crippen LogP contribution in [0.2, 0.25) is 10.0 Å². The van der Waals surface area contributed by atoms with Crippen molar-refractivity contribution >= 4 is 40.7 Å². The largest absolute Gasteiger partial charge is 0.507 e. The molecular formula is C24H23Cl2NO5. The van der Waals surface area contributed by atoms with Crippen molar-refractivity contribution in [1.82, 2.24) is 4.90 Å². The molecule has 2 aromatic rings. The summed E-state index contributed by atoms with van der Waals surface area (Å²) in [7, 11) is 2.96. The molecule has 1 atom stereocenters. The minimum absolute atomic E-state index is 0.0105. The molecule has 8 heteroatoms. The second-order valence-corrected chi connectivity index (χ2v) is 8.67. The summed E-state index contributed by atoms with van der Waals surface area (Å²) < 4.78 is 10.7. The van der Waals surface area contributed by atoms with E-state index in [2.05, 4.69) is 0 Å². The van der Waals surface area contributed by atoms with Crippen LogP contribution in [0.4, 0.5) is 0 Å². The molecule has 1 saturated heterocycles. The van der Waals surface area contributed by atoms with Crippen molar-refractivity contribution in [2.45, 2.75) is 37.8 Å². The molecule has 1 N–H and O–H groups in total. The second kappa shape index (κ2) is 9.04. The lowest BCUT2D eigenvalue weighted by Gasteiger charge is -2.31. The fourth-order valence-electron chi connectivity index (χ4n) is 4.65. The Bertz CT molecular complexity index is 1080. The SMILES string of the molecule is COc1ccccc1C1/C(=C(\O)c2cc(Cl)c(OC)c(Cl)c2)C(=O)C(=O)N1C1CCCC1. The summed E-state index contributed by atoms with van der Waals surface area (Å²) in [6.45, 7) is 0. The highest BCUT2D eigenvalue weighted by molar-refractivity contribution is 6.47. The second-order valence-electron chi connectivity index (χ2n) is 7.86. The van der Waals surface area contributed by atoms with Gasteiger partial charge in [-0.25, -0.2) is 0 Å².